The minimum atomic E-state index is -0.518. The van der Waals surface area contributed by atoms with Crippen molar-refractivity contribution in [2.45, 2.75) is 13.8 Å². The Hall–Kier alpha value is -3.35. The molecule has 0 spiro atoms. The van der Waals surface area contributed by atoms with Crippen LogP contribution in [0.15, 0.2) is 42.5 Å². The molecule has 7 heteroatoms. The number of esters is 2. The lowest BCUT2D eigenvalue weighted by atomic mass is 10.0. The number of benzene rings is 2. The van der Waals surface area contributed by atoms with Crippen LogP contribution in [-0.4, -0.2) is 37.5 Å². The van der Waals surface area contributed by atoms with Crippen molar-refractivity contribution >= 4 is 29.1 Å². The molecule has 0 saturated carbocycles. The number of hydrazine groups is 1. The molecule has 0 saturated heterocycles. The molecule has 0 radical (unpaired) electrons. The van der Waals surface area contributed by atoms with Gasteiger partial charge in [0.15, 0.2) is 5.78 Å². The largest absolute Gasteiger partial charge is 0.462 e. The molecule has 27 heavy (non-hydrogen) atoms. The summed E-state index contributed by atoms with van der Waals surface area (Å²) in [5.74, 6) is -1.17. The Bertz CT molecular complexity index is 894. The Morgan fingerprint density at radius 2 is 1.59 bits per heavy atom. The maximum atomic E-state index is 12.7. The van der Waals surface area contributed by atoms with E-state index >= 15 is 0 Å². The molecule has 7 nitrogen and oxygen atoms in total. The van der Waals surface area contributed by atoms with Gasteiger partial charge in [-0.1, -0.05) is 18.2 Å². The van der Waals surface area contributed by atoms with Crippen LogP contribution in [0.1, 0.15) is 44.9 Å². The van der Waals surface area contributed by atoms with Crippen molar-refractivity contribution in [3.8, 4) is 0 Å². The molecule has 0 atom stereocenters. The van der Waals surface area contributed by atoms with E-state index in [4.69, 9.17) is 9.47 Å². The fourth-order valence-electron chi connectivity index (χ4n) is 2.92. The Morgan fingerprint density at radius 1 is 0.963 bits per heavy atom. The van der Waals surface area contributed by atoms with Crippen LogP contribution in [0.5, 0.6) is 0 Å². The number of nitrogens with one attached hydrogen (secondary N) is 1. The van der Waals surface area contributed by atoms with E-state index in [-0.39, 0.29) is 31.1 Å². The highest BCUT2D eigenvalue weighted by molar-refractivity contribution is 6.11. The highest BCUT2D eigenvalue weighted by Crippen LogP contribution is 2.31. The zero-order valence-corrected chi connectivity index (χ0v) is 15.2. The molecule has 0 amide bonds. The molecular weight excluding hydrogens is 348 g/mol. The molecule has 0 bridgehead atoms. The minimum absolute atomic E-state index is 0.00962. The van der Waals surface area contributed by atoms with Crippen molar-refractivity contribution < 1.29 is 23.9 Å². The second kappa shape index (κ2) is 7.90. The number of hydrogen-bond acceptors (Lipinski definition) is 7. The predicted octanol–water partition coefficient (Wildman–Crippen LogP) is 3.07. The van der Waals surface area contributed by atoms with Crippen LogP contribution in [-0.2, 0) is 9.47 Å². The summed E-state index contributed by atoms with van der Waals surface area (Å²) in [5.41, 5.74) is 4.96. The number of rotatable bonds is 5. The Balaban J connectivity index is 2.01. The fraction of sp³-hybridized carbons (Fsp3) is 0.250. The lowest BCUT2D eigenvalue weighted by Gasteiger charge is -2.33. The summed E-state index contributed by atoms with van der Waals surface area (Å²) in [6.07, 6.45) is 0. The summed E-state index contributed by atoms with van der Waals surface area (Å²) in [7, 11) is 0. The molecule has 1 aliphatic rings. The van der Waals surface area contributed by atoms with Crippen molar-refractivity contribution in [3.63, 3.8) is 0 Å². The molecule has 0 fully saturated rings. The maximum Gasteiger partial charge on any atom is 0.340 e. The Morgan fingerprint density at radius 3 is 2.30 bits per heavy atom. The summed E-state index contributed by atoms with van der Waals surface area (Å²) < 4.78 is 10.2. The van der Waals surface area contributed by atoms with E-state index in [1.807, 2.05) is 0 Å². The van der Waals surface area contributed by atoms with Crippen LogP contribution in [0.25, 0.3) is 0 Å². The third-order valence-electron chi connectivity index (χ3n) is 4.10. The van der Waals surface area contributed by atoms with Crippen LogP contribution in [0.2, 0.25) is 0 Å². The second-order valence-electron chi connectivity index (χ2n) is 5.81. The molecule has 1 heterocycles. The number of carbonyl (C=O) groups excluding carboxylic acids is 3. The third-order valence-corrected chi connectivity index (χ3v) is 4.10. The first kappa shape index (κ1) is 18.4. The molecule has 0 unspecified atom stereocenters. The average molecular weight is 368 g/mol. The first-order chi connectivity index (χ1) is 13.1. The summed E-state index contributed by atoms with van der Waals surface area (Å²) >= 11 is 0. The molecule has 2 aromatic carbocycles. The summed E-state index contributed by atoms with van der Waals surface area (Å²) in [6, 6.07) is 11.7. The smallest absolute Gasteiger partial charge is 0.340 e. The van der Waals surface area contributed by atoms with Crippen molar-refractivity contribution in [3.05, 3.63) is 59.2 Å². The lowest BCUT2D eigenvalue weighted by Crippen LogP contribution is -2.41. The first-order valence-corrected chi connectivity index (χ1v) is 8.70. The number of ether oxygens (including phenoxy) is 2. The summed E-state index contributed by atoms with van der Waals surface area (Å²) in [4.78, 5) is 37.2. The van der Waals surface area contributed by atoms with Gasteiger partial charge < -0.3 is 9.47 Å². The normalized spacial score (nSPS) is 12.8. The van der Waals surface area contributed by atoms with E-state index in [1.165, 1.54) is 0 Å². The second-order valence-corrected chi connectivity index (χ2v) is 5.81. The Labute approximate surface area is 156 Å². The predicted molar refractivity (Wildman–Crippen MR) is 100 cm³/mol. The fourth-order valence-corrected chi connectivity index (χ4v) is 2.92. The molecule has 1 N–H and O–H groups in total. The van der Waals surface area contributed by atoms with Crippen molar-refractivity contribution in [2.75, 3.05) is 30.2 Å². The monoisotopic (exact) mass is 368 g/mol. The average Bonchev–Trinajstić information content (AvgIpc) is 2.68. The minimum Gasteiger partial charge on any atom is -0.462 e. The van der Waals surface area contributed by atoms with Crippen LogP contribution >= 0.6 is 0 Å². The zero-order chi connectivity index (χ0) is 19.4. The summed E-state index contributed by atoms with van der Waals surface area (Å²) in [6.45, 7) is 3.93. The van der Waals surface area contributed by atoms with Crippen molar-refractivity contribution in [2.24, 2.45) is 0 Å². The number of ketones is 1. The van der Waals surface area contributed by atoms with E-state index in [2.05, 4.69) is 5.43 Å². The lowest BCUT2D eigenvalue weighted by molar-refractivity contribution is 0.0517. The number of fused-ring (bicyclic) bond motifs is 1. The highest BCUT2D eigenvalue weighted by Gasteiger charge is 2.29. The standard InChI is InChI=1S/C20H20N2O5/c1-3-26-19(24)13-8-5-6-11-16(13)22-12-17(23)14-9-7-10-15(18(14)21-22)20(25)27-4-2/h5-11,21H,3-4,12H2,1-2H3. The van der Waals surface area contributed by atoms with Crippen LogP contribution in [0.3, 0.4) is 0 Å². The van der Waals surface area contributed by atoms with E-state index in [0.717, 1.165) is 0 Å². The number of para-hydroxylation sites is 2. The number of Topliss-reactive ketones (excluding diaryl/α,β-unsaturated/α-hetero) is 1. The topological polar surface area (TPSA) is 84.9 Å². The summed E-state index contributed by atoms with van der Waals surface area (Å²) in [5, 5.41) is 1.54. The van der Waals surface area contributed by atoms with Gasteiger partial charge in [-0.3, -0.25) is 15.2 Å². The molecular formula is C20H20N2O5. The van der Waals surface area contributed by atoms with Gasteiger partial charge in [0, 0.05) is 5.56 Å². The van der Waals surface area contributed by atoms with Gasteiger partial charge in [-0.25, -0.2) is 9.59 Å². The molecule has 3 rings (SSSR count). The van der Waals surface area contributed by atoms with Gasteiger partial charge in [0.25, 0.3) is 0 Å². The van der Waals surface area contributed by atoms with E-state index in [1.54, 1.807) is 61.3 Å². The van der Waals surface area contributed by atoms with Gasteiger partial charge in [0.2, 0.25) is 0 Å². The van der Waals surface area contributed by atoms with Gasteiger partial charge in [-0.05, 0) is 38.1 Å². The number of nitrogens with zero attached hydrogens (tertiary/aromatic N) is 1. The zero-order valence-electron chi connectivity index (χ0n) is 15.2. The maximum absolute atomic E-state index is 12.7. The number of carbonyl (C=O) groups is 3. The van der Waals surface area contributed by atoms with Gasteiger partial charge in [0.1, 0.15) is 6.54 Å². The van der Waals surface area contributed by atoms with E-state index < -0.39 is 11.9 Å². The quantitative estimate of drug-likeness (QED) is 0.812. The Kier molecular flexibility index (Phi) is 5.40. The number of hydrogen-bond donors (Lipinski definition) is 1. The molecule has 140 valence electrons. The van der Waals surface area contributed by atoms with Gasteiger partial charge in [-0.15, -0.1) is 0 Å². The molecule has 2 aromatic rings. The first-order valence-electron chi connectivity index (χ1n) is 8.70. The molecule has 0 aromatic heterocycles. The highest BCUT2D eigenvalue weighted by atomic mass is 16.5. The SMILES string of the molecule is CCOC(=O)c1ccccc1N1CC(=O)c2cccc(C(=O)OCC)c2N1. The van der Waals surface area contributed by atoms with Crippen molar-refractivity contribution in [1.82, 2.24) is 0 Å². The van der Waals surface area contributed by atoms with Gasteiger partial charge in [0.05, 0.1) is 35.7 Å². The van der Waals surface area contributed by atoms with Crippen molar-refractivity contribution in [1.29, 1.82) is 0 Å². The van der Waals surface area contributed by atoms with E-state index in [0.29, 0.717) is 22.5 Å². The molecule has 0 aliphatic carbocycles. The van der Waals surface area contributed by atoms with Crippen LogP contribution < -0.4 is 10.4 Å². The third kappa shape index (κ3) is 3.62. The van der Waals surface area contributed by atoms with Gasteiger partial charge >= 0.3 is 11.9 Å². The number of anilines is 2. The van der Waals surface area contributed by atoms with Gasteiger partial charge in [-0.2, -0.15) is 0 Å². The van der Waals surface area contributed by atoms with Crippen LogP contribution in [0, 0.1) is 0 Å². The van der Waals surface area contributed by atoms with Crippen LogP contribution in [0.4, 0.5) is 11.4 Å². The molecule has 1 aliphatic heterocycles. The van der Waals surface area contributed by atoms with E-state index in [9.17, 15) is 14.4 Å².